The van der Waals surface area contributed by atoms with Gasteiger partial charge in [0.15, 0.2) is 11.0 Å². The molecule has 0 aromatic carbocycles. The van der Waals surface area contributed by atoms with Crippen LogP contribution in [0.2, 0.25) is 0 Å². The van der Waals surface area contributed by atoms with Crippen molar-refractivity contribution < 1.29 is 0 Å². The number of nitrogens with zero attached hydrogens (tertiary/aromatic N) is 5. The standard InChI is InChI=1S/C12H17N5S/c1-16(2)8-9-18-12-15-14-11(17(12)3)10-4-6-13-7-5-10/h4-7H,8-9H2,1-3H3. The van der Waals surface area contributed by atoms with E-state index in [0.29, 0.717) is 0 Å². The molecule has 0 saturated heterocycles. The van der Waals surface area contributed by atoms with Crippen molar-refractivity contribution in [2.24, 2.45) is 7.05 Å². The van der Waals surface area contributed by atoms with Gasteiger partial charge in [0.25, 0.3) is 0 Å². The van der Waals surface area contributed by atoms with E-state index in [4.69, 9.17) is 0 Å². The van der Waals surface area contributed by atoms with E-state index in [1.165, 1.54) is 0 Å². The van der Waals surface area contributed by atoms with E-state index in [0.717, 1.165) is 28.8 Å². The summed E-state index contributed by atoms with van der Waals surface area (Å²) in [5.41, 5.74) is 1.04. The first-order valence-electron chi connectivity index (χ1n) is 5.76. The maximum atomic E-state index is 4.23. The van der Waals surface area contributed by atoms with E-state index in [9.17, 15) is 0 Å². The van der Waals surface area contributed by atoms with Crippen LogP contribution in [0.25, 0.3) is 11.4 Å². The molecular weight excluding hydrogens is 246 g/mol. The maximum Gasteiger partial charge on any atom is 0.191 e. The van der Waals surface area contributed by atoms with Gasteiger partial charge in [0.05, 0.1) is 0 Å². The van der Waals surface area contributed by atoms with E-state index in [1.807, 2.05) is 23.7 Å². The molecule has 6 heteroatoms. The Kier molecular flexibility index (Phi) is 4.33. The molecule has 0 unspecified atom stereocenters. The van der Waals surface area contributed by atoms with Crippen LogP contribution < -0.4 is 0 Å². The molecule has 0 N–H and O–H groups in total. The minimum absolute atomic E-state index is 0.879. The Morgan fingerprint density at radius 3 is 2.61 bits per heavy atom. The van der Waals surface area contributed by atoms with Crippen LogP contribution in [0, 0.1) is 0 Å². The highest BCUT2D eigenvalue weighted by Gasteiger charge is 2.10. The highest BCUT2D eigenvalue weighted by molar-refractivity contribution is 7.99. The summed E-state index contributed by atoms with van der Waals surface area (Å²) in [6, 6.07) is 3.89. The summed E-state index contributed by atoms with van der Waals surface area (Å²) in [5.74, 6) is 1.89. The third-order valence-corrected chi connectivity index (χ3v) is 3.54. The molecule has 0 aliphatic rings. The Morgan fingerprint density at radius 2 is 1.94 bits per heavy atom. The average Bonchev–Trinajstić information content (AvgIpc) is 2.72. The second-order valence-corrected chi connectivity index (χ2v) is 5.31. The van der Waals surface area contributed by atoms with Crippen LogP contribution in [0.3, 0.4) is 0 Å². The van der Waals surface area contributed by atoms with Crippen LogP contribution in [-0.2, 0) is 7.05 Å². The molecule has 2 rings (SSSR count). The molecule has 5 nitrogen and oxygen atoms in total. The maximum absolute atomic E-state index is 4.23. The van der Waals surface area contributed by atoms with E-state index >= 15 is 0 Å². The third-order valence-electron chi connectivity index (χ3n) is 2.54. The van der Waals surface area contributed by atoms with Gasteiger partial charge in [-0.3, -0.25) is 4.98 Å². The fraction of sp³-hybridized carbons (Fsp3) is 0.417. The zero-order valence-corrected chi connectivity index (χ0v) is 11.7. The summed E-state index contributed by atoms with van der Waals surface area (Å²) >= 11 is 1.72. The second-order valence-electron chi connectivity index (χ2n) is 4.25. The summed E-state index contributed by atoms with van der Waals surface area (Å²) in [7, 11) is 6.13. The first-order valence-corrected chi connectivity index (χ1v) is 6.74. The van der Waals surface area contributed by atoms with Crippen LogP contribution in [0.1, 0.15) is 0 Å². The van der Waals surface area contributed by atoms with Crippen molar-refractivity contribution in [2.45, 2.75) is 5.16 Å². The minimum atomic E-state index is 0.879. The third kappa shape index (κ3) is 3.08. The number of thioether (sulfide) groups is 1. The fourth-order valence-corrected chi connectivity index (χ4v) is 2.53. The van der Waals surface area contributed by atoms with Gasteiger partial charge in [-0.1, -0.05) is 11.8 Å². The van der Waals surface area contributed by atoms with Crippen molar-refractivity contribution in [3.63, 3.8) is 0 Å². The number of pyridine rings is 1. The van der Waals surface area contributed by atoms with Crippen molar-refractivity contribution in [2.75, 3.05) is 26.4 Å². The summed E-state index contributed by atoms with van der Waals surface area (Å²) in [4.78, 5) is 6.17. The van der Waals surface area contributed by atoms with Crippen molar-refractivity contribution in [1.29, 1.82) is 0 Å². The predicted molar refractivity (Wildman–Crippen MR) is 73.5 cm³/mol. The first kappa shape index (κ1) is 13.0. The van der Waals surface area contributed by atoms with Crippen LogP contribution in [0.4, 0.5) is 0 Å². The molecule has 96 valence electrons. The Bertz CT molecular complexity index is 494. The summed E-state index contributed by atoms with van der Waals surface area (Å²) in [6.45, 7) is 1.03. The topological polar surface area (TPSA) is 46.8 Å². The highest BCUT2D eigenvalue weighted by atomic mass is 32.2. The zero-order valence-electron chi connectivity index (χ0n) is 10.9. The first-order chi connectivity index (χ1) is 8.68. The molecule has 0 spiro atoms. The monoisotopic (exact) mass is 263 g/mol. The van der Waals surface area contributed by atoms with E-state index in [-0.39, 0.29) is 0 Å². The zero-order chi connectivity index (χ0) is 13.0. The summed E-state index contributed by atoms with van der Waals surface area (Å²) < 4.78 is 2.02. The van der Waals surface area contributed by atoms with Crippen LogP contribution in [0.5, 0.6) is 0 Å². The SMILES string of the molecule is CN(C)CCSc1nnc(-c2ccncc2)n1C. The van der Waals surface area contributed by atoms with Gasteiger partial charge in [0, 0.05) is 37.3 Å². The summed E-state index contributed by atoms with van der Waals surface area (Å²) in [6.07, 6.45) is 3.53. The lowest BCUT2D eigenvalue weighted by molar-refractivity contribution is 0.437. The Labute approximate surface area is 111 Å². The highest BCUT2D eigenvalue weighted by Crippen LogP contribution is 2.21. The molecule has 0 radical (unpaired) electrons. The molecule has 0 atom stereocenters. The van der Waals surface area contributed by atoms with Gasteiger partial charge in [-0.05, 0) is 26.2 Å². The molecule has 0 amide bonds. The molecule has 0 aliphatic heterocycles. The lowest BCUT2D eigenvalue weighted by atomic mass is 10.2. The molecular formula is C12H17N5S. The normalized spacial score (nSPS) is 11.1. The molecule has 2 aromatic rings. The smallest absolute Gasteiger partial charge is 0.191 e. The van der Waals surface area contributed by atoms with E-state index < -0.39 is 0 Å². The van der Waals surface area contributed by atoms with Gasteiger partial charge in [-0.25, -0.2) is 0 Å². The predicted octanol–water partition coefficient (Wildman–Crippen LogP) is 1.53. The van der Waals surface area contributed by atoms with E-state index in [2.05, 4.69) is 34.2 Å². The lowest BCUT2D eigenvalue weighted by Crippen LogP contribution is -2.15. The van der Waals surface area contributed by atoms with Gasteiger partial charge < -0.3 is 9.47 Å². The summed E-state index contributed by atoms with van der Waals surface area (Å²) in [5, 5.41) is 9.41. The number of aromatic nitrogens is 4. The van der Waals surface area contributed by atoms with Crippen molar-refractivity contribution in [1.82, 2.24) is 24.6 Å². The van der Waals surface area contributed by atoms with Gasteiger partial charge >= 0.3 is 0 Å². The second kappa shape index (κ2) is 5.97. The Morgan fingerprint density at radius 1 is 1.22 bits per heavy atom. The van der Waals surface area contributed by atoms with Gasteiger partial charge in [-0.15, -0.1) is 10.2 Å². The number of rotatable bonds is 5. The molecule has 18 heavy (non-hydrogen) atoms. The minimum Gasteiger partial charge on any atom is -0.309 e. The molecule has 2 heterocycles. The van der Waals surface area contributed by atoms with Crippen LogP contribution in [0.15, 0.2) is 29.7 Å². The quantitative estimate of drug-likeness (QED) is 0.766. The van der Waals surface area contributed by atoms with Crippen molar-refractivity contribution in [3.8, 4) is 11.4 Å². The van der Waals surface area contributed by atoms with Gasteiger partial charge in [0.1, 0.15) is 0 Å². The van der Waals surface area contributed by atoms with Crippen molar-refractivity contribution in [3.05, 3.63) is 24.5 Å². The molecule has 2 aromatic heterocycles. The Hall–Kier alpha value is -1.40. The van der Waals surface area contributed by atoms with E-state index in [1.54, 1.807) is 24.2 Å². The average molecular weight is 263 g/mol. The molecule has 0 fully saturated rings. The van der Waals surface area contributed by atoms with Crippen molar-refractivity contribution >= 4 is 11.8 Å². The molecule has 0 bridgehead atoms. The van der Waals surface area contributed by atoms with Gasteiger partial charge in [-0.2, -0.15) is 0 Å². The fourth-order valence-electron chi connectivity index (χ4n) is 1.51. The number of hydrogen-bond donors (Lipinski definition) is 0. The Balaban J connectivity index is 2.09. The molecule has 0 saturated carbocycles. The largest absolute Gasteiger partial charge is 0.309 e. The molecule has 0 aliphatic carbocycles. The van der Waals surface area contributed by atoms with Crippen LogP contribution >= 0.6 is 11.8 Å². The number of hydrogen-bond acceptors (Lipinski definition) is 5. The van der Waals surface area contributed by atoms with Gasteiger partial charge in [0.2, 0.25) is 0 Å². The lowest BCUT2D eigenvalue weighted by Gasteiger charge is -2.08. The van der Waals surface area contributed by atoms with Crippen LogP contribution in [-0.4, -0.2) is 51.0 Å².